The van der Waals surface area contributed by atoms with Crippen LogP contribution in [0.25, 0.3) is 0 Å². The number of hydrogen-bond acceptors (Lipinski definition) is 7. The summed E-state index contributed by atoms with van der Waals surface area (Å²) in [5.74, 6) is 2.51. The second-order valence-corrected chi connectivity index (χ2v) is 6.14. The summed E-state index contributed by atoms with van der Waals surface area (Å²) in [4.78, 5) is 4.54. The first-order valence-corrected chi connectivity index (χ1v) is 9.01. The normalized spacial score (nSPS) is 12.1. The molecule has 0 saturated carbocycles. The maximum Gasteiger partial charge on any atom is 0.249 e. The molecule has 0 unspecified atom stereocenters. The highest BCUT2D eigenvalue weighted by Crippen LogP contribution is 2.35. The Balaban J connectivity index is 1.57. The molecule has 0 saturated heterocycles. The second kappa shape index (κ2) is 7.49. The maximum absolute atomic E-state index is 5.41. The number of nitrogens with zero attached hydrogens (tertiary/aromatic N) is 3. The van der Waals surface area contributed by atoms with E-state index in [9.17, 15) is 0 Å². The van der Waals surface area contributed by atoms with Crippen LogP contribution in [0, 0.1) is 0 Å². The molecule has 0 radical (unpaired) electrons. The van der Waals surface area contributed by atoms with Gasteiger partial charge in [0, 0.05) is 17.4 Å². The lowest BCUT2D eigenvalue weighted by molar-refractivity contribution is 0.174. The van der Waals surface area contributed by atoms with Crippen LogP contribution in [-0.4, -0.2) is 22.0 Å². The number of anilines is 4. The number of benzene rings is 2. The largest absolute Gasteiger partial charge is 0.454 e. The Morgan fingerprint density at radius 3 is 2.52 bits per heavy atom. The number of nitrogens with one attached hydrogen (secondary N) is 2. The van der Waals surface area contributed by atoms with Gasteiger partial charge in [0.2, 0.25) is 12.7 Å². The predicted octanol–water partition coefficient (Wildman–Crippen LogP) is 4.21. The van der Waals surface area contributed by atoms with E-state index in [1.807, 2.05) is 18.2 Å². The fraction of sp³-hybridized carbons (Fsp3) is 0.250. The topological polar surface area (TPSA) is 81.2 Å². The molecule has 1 aromatic heterocycles. The number of rotatable bonds is 6. The summed E-state index contributed by atoms with van der Waals surface area (Å²) < 4.78 is 10.7. The van der Waals surface area contributed by atoms with Crippen molar-refractivity contribution in [3.05, 3.63) is 53.7 Å². The first-order chi connectivity index (χ1) is 13.3. The molecule has 0 atom stereocenters. The van der Waals surface area contributed by atoms with Crippen molar-refractivity contribution in [1.82, 2.24) is 15.2 Å². The molecular weight excluding hydrogens is 342 g/mol. The first kappa shape index (κ1) is 17.1. The molecule has 7 nitrogen and oxygen atoms in total. The molecule has 138 valence electrons. The summed E-state index contributed by atoms with van der Waals surface area (Å²) >= 11 is 0. The van der Waals surface area contributed by atoms with E-state index >= 15 is 0 Å². The molecule has 1 aliphatic rings. The SMILES string of the molecule is CCc1cccc(CC)c1Nc1nncc(Nc2ccc3c(c2)OCO3)n1. The van der Waals surface area contributed by atoms with Crippen LogP contribution in [0.4, 0.5) is 23.1 Å². The lowest BCUT2D eigenvalue weighted by Crippen LogP contribution is -2.05. The molecule has 0 amide bonds. The Morgan fingerprint density at radius 1 is 0.963 bits per heavy atom. The van der Waals surface area contributed by atoms with Crippen molar-refractivity contribution in [2.45, 2.75) is 26.7 Å². The Bertz CT molecular complexity index is 939. The van der Waals surface area contributed by atoms with E-state index in [1.165, 1.54) is 11.1 Å². The second-order valence-electron chi connectivity index (χ2n) is 6.14. The number of hydrogen-bond donors (Lipinski definition) is 2. The van der Waals surface area contributed by atoms with Gasteiger partial charge in [-0.3, -0.25) is 0 Å². The Labute approximate surface area is 157 Å². The molecule has 2 aromatic carbocycles. The van der Waals surface area contributed by atoms with Gasteiger partial charge in [-0.1, -0.05) is 32.0 Å². The highest BCUT2D eigenvalue weighted by atomic mass is 16.7. The zero-order valence-electron chi connectivity index (χ0n) is 15.3. The summed E-state index contributed by atoms with van der Waals surface area (Å²) in [6, 6.07) is 12.0. The molecule has 27 heavy (non-hydrogen) atoms. The Kier molecular flexibility index (Phi) is 4.74. The molecule has 4 rings (SSSR count). The third kappa shape index (κ3) is 3.62. The van der Waals surface area contributed by atoms with Crippen LogP contribution in [0.5, 0.6) is 11.5 Å². The lowest BCUT2D eigenvalue weighted by atomic mass is 10.0. The van der Waals surface area contributed by atoms with Gasteiger partial charge in [0.15, 0.2) is 17.3 Å². The van der Waals surface area contributed by atoms with E-state index in [0.29, 0.717) is 17.5 Å². The van der Waals surface area contributed by atoms with Crippen LogP contribution in [0.3, 0.4) is 0 Å². The van der Waals surface area contributed by atoms with Gasteiger partial charge in [-0.25, -0.2) is 0 Å². The predicted molar refractivity (Wildman–Crippen MR) is 104 cm³/mol. The van der Waals surface area contributed by atoms with Crippen molar-refractivity contribution in [2.24, 2.45) is 0 Å². The van der Waals surface area contributed by atoms with Crippen molar-refractivity contribution in [3.8, 4) is 11.5 Å². The van der Waals surface area contributed by atoms with Gasteiger partial charge in [0.05, 0.1) is 6.20 Å². The molecule has 7 heteroatoms. The molecule has 0 aliphatic carbocycles. The summed E-state index contributed by atoms with van der Waals surface area (Å²) in [5, 5.41) is 14.8. The molecule has 1 aliphatic heterocycles. The third-order valence-corrected chi connectivity index (χ3v) is 4.44. The average Bonchev–Trinajstić information content (AvgIpc) is 3.16. The van der Waals surface area contributed by atoms with Gasteiger partial charge < -0.3 is 20.1 Å². The fourth-order valence-corrected chi connectivity index (χ4v) is 3.05. The van der Waals surface area contributed by atoms with Crippen molar-refractivity contribution in [1.29, 1.82) is 0 Å². The lowest BCUT2D eigenvalue weighted by Gasteiger charge is -2.14. The van der Waals surface area contributed by atoms with Crippen molar-refractivity contribution < 1.29 is 9.47 Å². The first-order valence-electron chi connectivity index (χ1n) is 9.01. The molecule has 3 aromatic rings. The van der Waals surface area contributed by atoms with E-state index in [1.54, 1.807) is 6.20 Å². The van der Waals surface area contributed by atoms with E-state index in [2.05, 4.69) is 57.9 Å². The van der Waals surface area contributed by atoms with Gasteiger partial charge in [-0.2, -0.15) is 10.1 Å². The van der Waals surface area contributed by atoms with Crippen molar-refractivity contribution in [2.75, 3.05) is 17.4 Å². The third-order valence-electron chi connectivity index (χ3n) is 4.44. The summed E-state index contributed by atoms with van der Waals surface area (Å²) in [5.41, 5.74) is 4.36. The van der Waals surface area contributed by atoms with E-state index in [-0.39, 0.29) is 6.79 Å². The fourth-order valence-electron chi connectivity index (χ4n) is 3.05. The van der Waals surface area contributed by atoms with Crippen molar-refractivity contribution >= 4 is 23.1 Å². The average molecular weight is 363 g/mol. The van der Waals surface area contributed by atoms with Gasteiger partial charge in [0.1, 0.15) is 0 Å². The number of fused-ring (bicyclic) bond motifs is 1. The monoisotopic (exact) mass is 363 g/mol. The Morgan fingerprint density at radius 2 is 1.74 bits per heavy atom. The van der Waals surface area contributed by atoms with E-state index in [0.717, 1.165) is 30.0 Å². The zero-order valence-corrected chi connectivity index (χ0v) is 15.3. The molecule has 0 fully saturated rings. The highest BCUT2D eigenvalue weighted by molar-refractivity contribution is 5.65. The number of para-hydroxylation sites is 1. The summed E-state index contributed by atoms with van der Waals surface area (Å²) in [7, 11) is 0. The van der Waals surface area contributed by atoms with Crippen molar-refractivity contribution in [3.63, 3.8) is 0 Å². The van der Waals surface area contributed by atoms with Gasteiger partial charge in [0.25, 0.3) is 0 Å². The molecule has 2 heterocycles. The van der Waals surface area contributed by atoms with E-state index < -0.39 is 0 Å². The van der Waals surface area contributed by atoms with Crippen LogP contribution in [0.2, 0.25) is 0 Å². The quantitative estimate of drug-likeness (QED) is 0.679. The molecule has 2 N–H and O–H groups in total. The number of aromatic nitrogens is 3. The van der Waals surface area contributed by atoms with Gasteiger partial charge in [-0.15, -0.1) is 5.10 Å². The van der Waals surface area contributed by atoms with Crippen LogP contribution in [0.15, 0.2) is 42.6 Å². The van der Waals surface area contributed by atoms with Crippen LogP contribution in [0.1, 0.15) is 25.0 Å². The summed E-state index contributed by atoms with van der Waals surface area (Å²) in [6.07, 6.45) is 3.44. The minimum atomic E-state index is 0.249. The van der Waals surface area contributed by atoms with E-state index in [4.69, 9.17) is 9.47 Å². The molecular formula is C20H21N5O2. The number of ether oxygens (including phenoxy) is 2. The number of aryl methyl sites for hydroxylation is 2. The maximum atomic E-state index is 5.41. The Hall–Kier alpha value is -3.35. The highest BCUT2D eigenvalue weighted by Gasteiger charge is 2.14. The van der Waals surface area contributed by atoms with Gasteiger partial charge >= 0.3 is 0 Å². The van der Waals surface area contributed by atoms with Gasteiger partial charge in [-0.05, 0) is 36.1 Å². The standard InChI is InChI=1S/C20H21N5O2/c1-3-13-6-5-7-14(4-2)19(13)24-20-23-18(11-21-25-20)22-15-8-9-16-17(10-15)27-12-26-16/h5-11H,3-4,12H2,1-2H3,(H2,22,23,24,25). The zero-order chi connectivity index (χ0) is 18.6. The van der Waals surface area contributed by atoms with Crippen LogP contribution in [-0.2, 0) is 12.8 Å². The van der Waals surface area contributed by atoms with Crippen LogP contribution < -0.4 is 20.1 Å². The van der Waals surface area contributed by atoms with Crippen LogP contribution >= 0.6 is 0 Å². The minimum absolute atomic E-state index is 0.249. The molecule has 0 bridgehead atoms. The summed E-state index contributed by atoms with van der Waals surface area (Å²) in [6.45, 7) is 4.52. The smallest absolute Gasteiger partial charge is 0.249 e. The minimum Gasteiger partial charge on any atom is -0.454 e. The molecule has 0 spiro atoms.